The predicted molar refractivity (Wildman–Crippen MR) is 81.3 cm³/mol. The number of hydrogen-bond donors (Lipinski definition) is 1. The minimum Gasteiger partial charge on any atom is -0.496 e. The summed E-state index contributed by atoms with van der Waals surface area (Å²) in [5, 5.41) is 8.34. The van der Waals surface area contributed by atoms with Crippen molar-refractivity contribution in [3.8, 4) is 17.0 Å². The summed E-state index contributed by atoms with van der Waals surface area (Å²) in [5.41, 5.74) is 3.48. The van der Waals surface area contributed by atoms with E-state index in [0.717, 1.165) is 36.5 Å². The normalized spacial score (nSPS) is 14.3. The Morgan fingerprint density at radius 2 is 2.15 bits per heavy atom. The lowest BCUT2D eigenvalue weighted by Gasteiger charge is -2.07. The van der Waals surface area contributed by atoms with E-state index in [2.05, 4.69) is 23.0 Å². The Kier molecular flexibility index (Phi) is 3.63. The van der Waals surface area contributed by atoms with Gasteiger partial charge in [0.25, 0.3) is 0 Å². The van der Waals surface area contributed by atoms with E-state index in [1.165, 1.54) is 24.2 Å². The van der Waals surface area contributed by atoms with Gasteiger partial charge in [-0.15, -0.1) is 0 Å². The van der Waals surface area contributed by atoms with Gasteiger partial charge in [0.1, 0.15) is 17.3 Å². The van der Waals surface area contributed by atoms with Gasteiger partial charge in [-0.3, -0.25) is 0 Å². The number of benzene rings is 1. The Morgan fingerprint density at radius 3 is 2.95 bits per heavy atom. The van der Waals surface area contributed by atoms with Gasteiger partial charge < -0.3 is 10.1 Å². The van der Waals surface area contributed by atoms with Crippen molar-refractivity contribution in [2.24, 2.45) is 0 Å². The van der Waals surface area contributed by atoms with Crippen LogP contribution in [-0.4, -0.2) is 23.4 Å². The Balaban J connectivity index is 2.16. The topological polar surface area (TPSA) is 39.1 Å². The van der Waals surface area contributed by atoms with E-state index in [1.807, 2.05) is 18.2 Å². The zero-order chi connectivity index (χ0) is 13.9. The second kappa shape index (κ2) is 5.57. The highest BCUT2D eigenvalue weighted by Crippen LogP contribution is 2.36. The van der Waals surface area contributed by atoms with Crippen molar-refractivity contribution >= 4 is 5.82 Å². The zero-order valence-electron chi connectivity index (χ0n) is 12.1. The largest absolute Gasteiger partial charge is 0.496 e. The maximum atomic E-state index is 5.50. The maximum Gasteiger partial charge on any atom is 0.128 e. The van der Waals surface area contributed by atoms with E-state index < -0.39 is 0 Å². The van der Waals surface area contributed by atoms with Gasteiger partial charge in [-0.1, -0.05) is 12.1 Å². The molecule has 2 heterocycles. The fourth-order valence-corrected chi connectivity index (χ4v) is 2.85. The number of aryl methyl sites for hydroxylation is 1. The Bertz CT molecular complexity index is 604. The summed E-state index contributed by atoms with van der Waals surface area (Å²) in [7, 11) is 1.71. The molecule has 0 aliphatic carbocycles. The van der Waals surface area contributed by atoms with Gasteiger partial charge in [0.05, 0.1) is 7.11 Å². The van der Waals surface area contributed by atoms with Crippen LogP contribution in [0.3, 0.4) is 0 Å². The number of para-hydroxylation sites is 1. The number of methoxy groups -OCH3 is 1. The Hall–Kier alpha value is -1.97. The van der Waals surface area contributed by atoms with E-state index in [-0.39, 0.29) is 0 Å². The molecular weight excluding hydrogens is 250 g/mol. The van der Waals surface area contributed by atoms with Gasteiger partial charge in [0.15, 0.2) is 0 Å². The van der Waals surface area contributed by atoms with Gasteiger partial charge in [-0.05, 0) is 38.3 Å². The van der Waals surface area contributed by atoms with Crippen molar-refractivity contribution in [2.75, 3.05) is 19.0 Å². The van der Waals surface area contributed by atoms with Crippen molar-refractivity contribution in [1.82, 2.24) is 9.78 Å². The van der Waals surface area contributed by atoms with Crippen LogP contribution in [0, 0.1) is 0 Å². The molecule has 1 aromatic heterocycles. The summed E-state index contributed by atoms with van der Waals surface area (Å²) >= 11 is 0. The summed E-state index contributed by atoms with van der Waals surface area (Å²) in [6, 6.07) is 8.12. The molecule has 0 saturated carbocycles. The number of fused-ring (bicyclic) bond motifs is 1. The monoisotopic (exact) mass is 271 g/mol. The van der Waals surface area contributed by atoms with Crippen LogP contribution in [0.1, 0.15) is 25.3 Å². The first-order valence-electron chi connectivity index (χ1n) is 7.32. The molecule has 3 rings (SSSR count). The number of nitrogens with zero attached hydrogens (tertiary/aromatic N) is 2. The highest BCUT2D eigenvalue weighted by atomic mass is 16.5. The van der Waals surface area contributed by atoms with Crippen LogP contribution in [-0.2, 0) is 13.0 Å². The van der Waals surface area contributed by atoms with Crippen molar-refractivity contribution in [3.05, 3.63) is 29.8 Å². The maximum absolute atomic E-state index is 5.50. The Labute approximate surface area is 119 Å². The molecule has 2 aromatic rings. The van der Waals surface area contributed by atoms with Gasteiger partial charge in [-0.2, -0.15) is 5.10 Å². The smallest absolute Gasteiger partial charge is 0.128 e. The van der Waals surface area contributed by atoms with Gasteiger partial charge in [0, 0.05) is 24.2 Å². The number of anilines is 1. The SMILES string of the molecule is CCn1nc(-c2ccccc2OC)c2c1NCCCC2. The van der Waals surface area contributed by atoms with Gasteiger partial charge in [-0.25, -0.2) is 4.68 Å². The molecule has 4 nitrogen and oxygen atoms in total. The zero-order valence-corrected chi connectivity index (χ0v) is 12.1. The lowest BCUT2D eigenvalue weighted by Crippen LogP contribution is -2.07. The average molecular weight is 271 g/mol. The quantitative estimate of drug-likeness (QED) is 0.930. The number of aromatic nitrogens is 2. The van der Waals surface area contributed by atoms with Crippen molar-refractivity contribution in [2.45, 2.75) is 32.7 Å². The minimum atomic E-state index is 0.879. The molecule has 20 heavy (non-hydrogen) atoms. The predicted octanol–water partition coefficient (Wildman–Crippen LogP) is 3.33. The summed E-state index contributed by atoms with van der Waals surface area (Å²) in [6.45, 7) is 4.04. The molecule has 106 valence electrons. The lowest BCUT2D eigenvalue weighted by molar-refractivity contribution is 0.416. The highest BCUT2D eigenvalue weighted by Gasteiger charge is 2.21. The van der Waals surface area contributed by atoms with E-state index in [9.17, 15) is 0 Å². The molecule has 0 spiro atoms. The van der Waals surface area contributed by atoms with Crippen LogP contribution in [0.2, 0.25) is 0 Å². The first-order chi connectivity index (χ1) is 9.85. The van der Waals surface area contributed by atoms with Crippen LogP contribution in [0.15, 0.2) is 24.3 Å². The molecule has 0 radical (unpaired) electrons. The van der Waals surface area contributed by atoms with Crippen LogP contribution in [0.25, 0.3) is 11.3 Å². The minimum absolute atomic E-state index is 0.879. The number of nitrogens with one attached hydrogen (secondary N) is 1. The molecule has 0 amide bonds. The van der Waals surface area contributed by atoms with E-state index in [1.54, 1.807) is 7.11 Å². The van der Waals surface area contributed by atoms with Gasteiger partial charge in [0.2, 0.25) is 0 Å². The van der Waals surface area contributed by atoms with Crippen LogP contribution >= 0.6 is 0 Å². The summed E-state index contributed by atoms with van der Waals surface area (Å²) < 4.78 is 7.57. The fourth-order valence-electron chi connectivity index (χ4n) is 2.85. The van der Waals surface area contributed by atoms with Crippen molar-refractivity contribution in [1.29, 1.82) is 0 Å². The van der Waals surface area contributed by atoms with E-state index in [4.69, 9.17) is 9.84 Å². The number of rotatable bonds is 3. The molecule has 1 aromatic carbocycles. The number of ether oxygens (including phenoxy) is 1. The van der Waals surface area contributed by atoms with Crippen molar-refractivity contribution in [3.63, 3.8) is 0 Å². The third-order valence-electron chi connectivity index (χ3n) is 3.86. The molecule has 0 atom stereocenters. The van der Waals surface area contributed by atoms with Crippen LogP contribution < -0.4 is 10.1 Å². The highest BCUT2D eigenvalue weighted by molar-refractivity contribution is 5.74. The first-order valence-corrected chi connectivity index (χ1v) is 7.32. The lowest BCUT2D eigenvalue weighted by atomic mass is 10.0. The molecule has 1 aliphatic heterocycles. The molecule has 0 fully saturated rings. The summed E-state index contributed by atoms with van der Waals surface area (Å²) in [4.78, 5) is 0. The molecular formula is C16H21N3O. The van der Waals surface area contributed by atoms with E-state index in [0.29, 0.717) is 0 Å². The van der Waals surface area contributed by atoms with Gasteiger partial charge >= 0.3 is 0 Å². The molecule has 1 aliphatic rings. The number of hydrogen-bond acceptors (Lipinski definition) is 3. The second-order valence-corrected chi connectivity index (χ2v) is 5.08. The van der Waals surface area contributed by atoms with Crippen LogP contribution in [0.4, 0.5) is 5.82 Å². The van der Waals surface area contributed by atoms with E-state index >= 15 is 0 Å². The molecule has 0 saturated heterocycles. The van der Waals surface area contributed by atoms with Crippen molar-refractivity contribution < 1.29 is 4.74 Å². The molecule has 0 unspecified atom stereocenters. The molecule has 1 N–H and O–H groups in total. The third-order valence-corrected chi connectivity index (χ3v) is 3.86. The fraction of sp³-hybridized carbons (Fsp3) is 0.438. The Morgan fingerprint density at radius 1 is 1.30 bits per heavy atom. The average Bonchev–Trinajstić information content (AvgIpc) is 2.68. The standard InChI is InChI=1S/C16H21N3O/c1-3-19-16-13(9-6-7-11-17-16)15(18-19)12-8-4-5-10-14(12)20-2/h4-5,8,10,17H,3,6-7,9,11H2,1-2H3. The summed E-state index contributed by atoms with van der Waals surface area (Å²) in [6.07, 6.45) is 3.50. The summed E-state index contributed by atoms with van der Waals surface area (Å²) in [5.74, 6) is 2.08. The van der Waals surface area contributed by atoms with Crippen LogP contribution in [0.5, 0.6) is 5.75 Å². The molecule has 0 bridgehead atoms. The first kappa shape index (κ1) is 13.0. The second-order valence-electron chi connectivity index (χ2n) is 5.08. The molecule has 4 heteroatoms. The third kappa shape index (κ3) is 2.15.